The number of aromatic nitrogens is 3. The number of piperidine rings is 1. The molecule has 1 aromatic carbocycles. The van der Waals surface area contributed by atoms with E-state index >= 15 is 0 Å². The Kier molecular flexibility index (Phi) is 5.43. The average Bonchev–Trinajstić information content (AvgIpc) is 3.23. The largest absolute Gasteiger partial charge is 0.352 e. The van der Waals surface area contributed by atoms with Crippen molar-refractivity contribution in [3.05, 3.63) is 57.3 Å². The van der Waals surface area contributed by atoms with Crippen LogP contribution in [0.3, 0.4) is 0 Å². The molecule has 1 N–H and O–H groups in total. The van der Waals surface area contributed by atoms with Crippen LogP contribution in [0.25, 0.3) is 4.96 Å². The van der Waals surface area contributed by atoms with E-state index in [0.29, 0.717) is 17.1 Å². The summed E-state index contributed by atoms with van der Waals surface area (Å²) in [6.07, 6.45) is 5.33. The predicted molar refractivity (Wildman–Crippen MR) is 117 cm³/mol. The van der Waals surface area contributed by atoms with Crippen LogP contribution in [0.15, 0.2) is 29.1 Å². The van der Waals surface area contributed by atoms with E-state index in [4.69, 9.17) is 4.98 Å². The fourth-order valence-electron chi connectivity index (χ4n) is 4.42. The molecule has 2 aromatic heterocycles. The highest BCUT2D eigenvalue weighted by Gasteiger charge is 2.28. The number of amides is 1. The number of hydrogen-bond donors (Lipinski definition) is 1. The molecule has 31 heavy (non-hydrogen) atoms. The fourth-order valence-corrected chi connectivity index (χ4v) is 5.37. The number of nitrogens with one attached hydrogen (secondary N) is 1. The van der Waals surface area contributed by atoms with Gasteiger partial charge in [0, 0.05) is 30.8 Å². The summed E-state index contributed by atoms with van der Waals surface area (Å²) < 4.78 is 15.2. The number of nitrogens with zero attached hydrogens (tertiary/aromatic N) is 4. The SMILES string of the molecule is O=C(NCc1ccccc1F)[C@H]1CCCN(c2nn3c(=O)c4c(nc3s2)CCCC4)C1. The first-order chi connectivity index (χ1) is 15.1. The van der Waals surface area contributed by atoms with Crippen LogP contribution in [0, 0.1) is 11.7 Å². The number of carbonyl (C=O) groups is 1. The summed E-state index contributed by atoms with van der Waals surface area (Å²) in [6.45, 7) is 1.48. The Morgan fingerprint density at radius 2 is 2.06 bits per heavy atom. The lowest BCUT2D eigenvalue weighted by Crippen LogP contribution is -2.43. The van der Waals surface area contributed by atoms with Crippen molar-refractivity contribution < 1.29 is 9.18 Å². The average molecular weight is 442 g/mol. The van der Waals surface area contributed by atoms with Crippen LogP contribution in [-0.4, -0.2) is 33.6 Å². The summed E-state index contributed by atoms with van der Waals surface area (Å²) in [5.41, 5.74) is 2.13. The van der Waals surface area contributed by atoms with Gasteiger partial charge in [-0.25, -0.2) is 9.37 Å². The van der Waals surface area contributed by atoms with Gasteiger partial charge in [0.1, 0.15) is 5.82 Å². The van der Waals surface area contributed by atoms with Crippen LogP contribution < -0.4 is 15.8 Å². The van der Waals surface area contributed by atoms with Crippen LogP contribution in [0.2, 0.25) is 0 Å². The number of anilines is 1. The van der Waals surface area contributed by atoms with Gasteiger partial charge in [-0.1, -0.05) is 29.5 Å². The molecule has 1 aliphatic heterocycles. The lowest BCUT2D eigenvalue weighted by molar-refractivity contribution is -0.125. The second-order valence-electron chi connectivity index (χ2n) is 8.22. The Bertz CT molecular complexity index is 1190. The quantitative estimate of drug-likeness (QED) is 0.674. The zero-order valence-corrected chi connectivity index (χ0v) is 18.0. The maximum absolute atomic E-state index is 13.8. The van der Waals surface area contributed by atoms with Crippen molar-refractivity contribution in [3.8, 4) is 0 Å². The van der Waals surface area contributed by atoms with E-state index in [2.05, 4.69) is 15.3 Å². The van der Waals surface area contributed by atoms with Gasteiger partial charge in [-0.15, -0.1) is 5.10 Å². The number of fused-ring (bicyclic) bond motifs is 2. The first-order valence-electron chi connectivity index (χ1n) is 10.8. The van der Waals surface area contributed by atoms with Crippen molar-refractivity contribution in [1.29, 1.82) is 0 Å². The van der Waals surface area contributed by atoms with Gasteiger partial charge < -0.3 is 10.2 Å². The Morgan fingerprint density at radius 3 is 2.94 bits per heavy atom. The van der Waals surface area contributed by atoms with Crippen molar-refractivity contribution in [1.82, 2.24) is 19.9 Å². The molecular formula is C22H24FN5O2S. The molecule has 1 aliphatic carbocycles. The van der Waals surface area contributed by atoms with E-state index in [-0.39, 0.29) is 29.7 Å². The molecule has 3 aromatic rings. The molecule has 1 saturated heterocycles. The third kappa shape index (κ3) is 3.94. The smallest absolute Gasteiger partial charge is 0.278 e. The Hall–Kier alpha value is -2.81. The Balaban J connectivity index is 1.31. The standard InChI is InChI=1S/C22H24FN5O2S/c23-17-9-3-1-6-14(17)12-24-19(29)15-7-5-11-27(13-15)22-26-28-20(30)16-8-2-4-10-18(16)25-21(28)31-22/h1,3,6,9,15H,2,4-5,7-8,10-13H2,(H,24,29)/t15-/m0/s1. The van der Waals surface area contributed by atoms with Crippen LogP contribution in [0.5, 0.6) is 0 Å². The van der Waals surface area contributed by atoms with Gasteiger partial charge in [0.25, 0.3) is 5.56 Å². The minimum atomic E-state index is -0.316. The minimum absolute atomic E-state index is 0.0570. The maximum atomic E-state index is 13.8. The highest BCUT2D eigenvalue weighted by Crippen LogP contribution is 2.28. The summed E-state index contributed by atoms with van der Waals surface area (Å²) in [4.78, 5) is 32.9. The monoisotopic (exact) mass is 441 g/mol. The zero-order valence-electron chi connectivity index (χ0n) is 17.1. The second kappa shape index (κ2) is 8.37. The first kappa shape index (κ1) is 20.1. The van der Waals surface area contributed by atoms with E-state index in [0.717, 1.165) is 61.5 Å². The summed E-state index contributed by atoms with van der Waals surface area (Å²) >= 11 is 1.40. The summed E-state index contributed by atoms with van der Waals surface area (Å²) in [7, 11) is 0. The number of benzene rings is 1. The van der Waals surface area contributed by atoms with Crippen molar-refractivity contribution in [2.75, 3.05) is 18.0 Å². The predicted octanol–water partition coefficient (Wildman–Crippen LogP) is 2.70. The van der Waals surface area contributed by atoms with Gasteiger partial charge in [0.2, 0.25) is 16.0 Å². The third-order valence-electron chi connectivity index (χ3n) is 6.14. The molecule has 5 rings (SSSR count). The Labute approximate surface area is 182 Å². The zero-order chi connectivity index (χ0) is 21.4. The number of carbonyl (C=O) groups excluding carboxylic acids is 1. The van der Waals surface area contributed by atoms with Crippen molar-refractivity contribution in [2.45, 2.75) is 45.1 Å². The highest BCUT2D eigenvalue weighted by molar-refractivity contribution is 7.20. The van der Waals surface area contributed by atoms with E-state index in [1.54, 1.807) is 18.2 Å². The van der Waals surface area contributed by atoms with Gasteiger partial charge in [-0.3, -0.25) is 9.59 Å². The number of rotatable bonds is 4. The van der Waals surface area contributed by atoms with Crippen LogP contribution in [0.1, 0.15) is 42.5 Å². The minimum Gasteiger partial charge on any atom is -0.352 e. The number of halogens is 1. The summed E-state index contributed by atoms with van der Waals surface area (Å²) in [6, 6.07) is 6.46. The van der Waals surface area contributed by atoms with Crippen LogP contribution in [-0.2, 0) is 24.2 Å². The van der Waals surface area contributed by atoms with Gasteiger partial charge in [0.05, 0.1) is 11.6 Å². The summed E-state index contributed by atoms with van der Waals surface area (Å²) in [5.74, 6) is -0.603. The van der Waals surface area contributed by atoms with Crippen molar-refractivity contribution in [3.63, 3.8) is 0 Å². The van der Waals surface area contributed by atoms with E-state index in [9.17, 15) is 14.0 Å². The highest BCUT2D eigenvalue weighted by atomic mass is 32.1. The van der Waals surface area contributed by atoms with Crippen LogP contribution >= 0.6 is 11.3 Å². The summed E-state index contributed by atoms with van der Waals surface area (Å²) in [5, 5.41) is 8.13. The van der Waals surface area contributed by atoms with Gasteiger partial charge >= 0.3 is 0 Å². The number of aryl methyl sites for hydroxylation is 1. The maximum Gasteiger partial charge on any atom is 0.278 e. The molecule has 9 heteroatoms. The van der Waals surface area contributed by atoms with Gasteiger partial charge in [0.15, 0.2) is 0 Å². The normalized spacial score (nSPS) is 18.7. The lowest BCUT2D eigenvalue weighted by atomic mass is 9.97. The Morgan fingerprint density at radius 1 is 1.23 bits per heavy atom. The molecule has 1 amide bonds. The van der Waals surface area contributed by atoms with E-state index in [1.165, 1.54) is 21.9 Å². The molecular weight excluding hydrogens is 417 g/mol. The van der Waals surface area contributed by atoms with Gasteiger partial charge in [-0.05, 0) is 44.6 Å². The molecule has 0 saturated carbocycles. The fraction of sp³-hybridized carbons (Fsp3) is 0.455. The lowest BCUT2D eigenvalue weighted by Gasteiger charge is -2.31. The molecule has 1 atom stereocenters. The van der Waals surface area contributed by atoms with E-state index in [1.807, 2.05) is 0 Å². The molecule has 3 heterocycles. The third-order valence-corrected chi connectivity index (χ3v) is 7.11. The molecule has 1 fully saturated rings. The van der Waals surface area contributed by atoms with E-state index < -0.39 is 0 Å². The van der Waals surface area contributed by atoms with Crippen molar-refractivity contribution in [2.24, 2.45) is 5.92 Å². The molecule has 7 nitrogen and oxygen atoms in total. The first-order valence-corrected chi connectivity index (χ1v) is 11.6. The molecule has 2 aliphatic rings. The van der Waals surface area contributed by atoms with Crippen molar-refractivity contribution >= 4 is 27.3 Å². The molecule has 0 bridgehead atoms. The van der Waals surface area contributed by atoms with Gasteiger partial charge in [-0.2, -0.15) is 4.52 Å². The molecule has 162 valence electrons. The topological polar surface area (TPSA) is 79.6 Å². The second-order valence-corrected chi connectivity index (χ2v) is 9.16. The molecule has 0 radical (unpaired) electrons. The molecule has 0 spiro atoms. The number of hydrogen-bond acceptors (Lipinski definition) is 6. The molecule has 0 unspecified atom stereocenters. The van der Waals surface area contributed by atoms with Crippen LogP contribution in [0.4, 0.5) is 9.52 Å².